The number of aromatic nitrogens is 1. The summed E-state index contributed by atoms with van der Waals surface area (Å²) in [6.07, 6.45) is 6.72. The third-order valence-corrected chi connectivity index (χ3v) is 5.01. The number of halogens is 1. The minimum atomic E-state index is 0.504. The number of hydrogen-bond donors (Lipinski definition) is 0. The van der Waals surface area contributed by atoms with Crippen molar-refractivity contribution in [2.45, 2.75) is 57.8 Å². The van der Waals surface area contributed by atoms with Gasteiger partial charge >= 0.3 is 0 Å². The van der Waals surface area contributed by atoms with Crippen LogP contribution in [-0.4, -0.2) is 4.98 Å². The zero-order valence-corrected chi connectivity index (χ0v) is 11.0. The van der Waals surface area contributed by atoms with Crippen molar-refractivity contribution >= 4 is 22.9 Å². The summed E-state index contributed by atoms with van der Waals surface area (Å²) >= 11 is 8.05. The summed E-state index contributed by atoms with van der Waals surface area (Å²) in [7, 11) is 0. The molecule has 1 aromatic heterocycles. The molecular formula is C12H18ClNS. The zero-order valence-electron chi connectivity index (χ0n) is 9.42. The summed E-state index contributed by atoms with van der Waals surface area (Å²) in [5, 5.41) is 1.97. The molecule has 0 N–H and O–H groups in total. The van der Waals surface area contributed by atoms with Crippen molar-refractivity contribution in [3.8, 4) is 0 Å². The van der Waals surface area contributed by atoms with E-state index in [4.69, 9.17) is 11.6 Å². The van der Waals surface area contributed by atoms with Gasteiger partial charge in [0.05, 0.1) is 5.01 Å². The van der Waals surface area contributed by atoms with E-state index in [-0.39, 0.29) is 0 Å². The maximum atomic E-state index is 6.22. The molecule has 0 saturated heterocycles. The molecule has 1 fully saturated rings. The molecule has 0 amide bonds. The van der Waals surface area contributed by atoms with Gasteiger partial charge in [0.25, 0.3) is 0 Å². The van der Waals surface area contributed by atoms with E-state index in [0.29, 0.717) is 11.8 Å². The normalized spacial score (nSPS) is 18.7. The van der Waals surface area contributed by atoms with E-state index in [1.165, 1.54) is 42.0 Å². The summed E-state index contributed by atoms with van der Waals surface area (Å²) in [6, 6.07) is 0. The van der Waals surface area contributed by atoms with Gasteiger partial charge in [0.15, 0.2) is 0 Å². The fourth-order valence-corrected chi connectivity index (χ4v) is 3.73. The summed E-state index contributed by atoms with van der Waals surface area (Å²) in [5.41, 5.74) is 0. The van der Waals surface area contributed by atoms with Crippen molar-refractivity contribution in [3.05, 3.63) is 15.0 Å². The van der Waals surface area contributed by atoms with Crippen molar-refractivity contribution in [2.24, 2.45) is 0 Å². The van der Waals surface area contributed by atoms with Crippen LogP contribution in [0.1, 0.15) is 67.7 Å². The van der Waals surface area contributed by atoms with Gasteiger partial charge in [-0.1, -0.05) is 44.7 Å². The van der Waals surface area contributed by atoms with Crippen LogP contribution < -0.4 is 0 Å². The summed E-state index contributed by atoms with van der Waals surface area (Å²) < 4.78 is 0. The lowest BCUT2D eigenvalue weighted by Gasteiger charge is -2.20. The van der Waals surface area contributed by atoms with E-state index < -0.39 is 0 Å². The van der Waals surface area contributed by atoms with Crippen LogP contribution in [-0.2, 0) is 0 Å². The molecule has 2 rings (SSSR count). The van der Waals surface area contributed by atoms with Crippen molar-refractivity contribution in [2.75, 3.05) is 0 Å². The van der Waals surface area contributed by atoms with Crippen LogP contribution in [0.4, 0.5) is 0 Å². The van der Waals surface area contributed by atoms with Gasteiger partial charge in [-0.3, -0.25) is 0 Å². The van der Waals surface area contributed by atoms with Gasteiger partial charge in [0, 0.05) is 10.8 Å². The highest BCUT2D eigenvalue weighted by atomic mass is 35.5. The van der Waals surface area contributed by atoms with Gasteiger partial charge in [-0.2, -0.15) is 0 Å². The van der Waals surface area contributed by atoms with Crippen molar-refractivity contribution < 1.29 is 0 Å². The Kier molecular flexibility index (Phi) is 3.68. The first-order valence-corrected chi connectivity index (χ1v) is 7.04. The lowest BCUT2D eigenvalue weighted by molar-refractivity contribution is 0.448. The molecule has 15 heavy (non-hydrogen) atoms. The third-order valence-electron chi connectivity index (χ3n) is 3.10. The minimum absolute atomic E-state index is 0.504. The van der Waals surface area contributed by atoms with E-state index in [0.717, 1.165) is 5.15 Å². The lowest BCUT2D eigenvalue weighted by Crippen LogP contribution is -2.02. The fourth-order valence-electron chi connectivity index (χ4n) is 2.19. The predicted octanol–water partition coefficient (Wildman–Crippen LogP) is 4.97. The largest absolute Gasteiger partial charge is 0.229 e. The predicted molar refractivity (Wildman–Crippen MR) is 67.0 cm³/mol. The van der Waals surface area contributed by atoms with Gasteiger partial charge in [0.1, 0.15) is 5.15 Å². The fraction of sp³-hybridized carbons (Fsp3) is 0.750. The average Bonchev–Trinajstić information content (AvgIpc) is 2.62. The molecule has 1 aliphatic rings. The average molecular weight is 244 g/mol. The molecule has 3 heteroatoms. The van der Waals surface area contributed by atoms with Crippen LogP contribution in [0.2, 0.25) is 5.15 Å². The van der Waals surface area contributed by atoms with E-state index in [2.05, 4.69) is 18.8 Å². The molecule has 1 aliphatic carbocycles. The Morgan fingerprint density at radius 1 is 1.27 bits per heavy atom. The molecule has 0 atom stereocenters. The Hall–Kier alpha value is -0.0800. The molecule has 0 spiro atoms. The quantitative estimate of drug-likeness (QED) is 0.715. The SMILES string of the molecule is CC(C)c1nc(Cl)c(C2CCCCC2)s1. The molecular weight excluding hydrogens is 226 g/mol. The number of rotatable bonds is 2. The molecule has 1 saturated carbocycles. The molecule has 0 aromatic carbocycles. The smallest absolute Gasteiger partial charge is 0.143 e. The van der Waals surface area contributed by atoms with E-state index >= 15 is 0 Å². The third kappa shape index (κ3) is 2.54. The molecule has 0 aliphatic heterocycles. The van der Waals surface area contributed by atoms with Crippen LogP contribution in [0.3, 0.4) is 0 Å². The highest BCUT2D eigenvalue weighted by Gasteiger charge is 2.22. The molecule has 1 aromatic rings. The Morgan fingerprint density at radius 2 is 1.93 bits per heavy atom. The van der Waals surface area contributed by atoms with E-state index in [1.54, 1.807) is 0 Å². The van der Waals surface area contributed by atoms with Crippen molar-refractivity contribution in [1.82, 2.24) is 4.98 Å². The molecule has 1 nitrogen and oxygen atoms in total. The molecule has 1 heterocycles. The molecule has 0 radical (unpaired) electrons. The lowest BCUT2D eigenvalue weighted by atomic mass is 9.88. The summed E-state index contributed by atoms with van der Waals surface area (Å²) in [6.45, 7) is 4.36. The number of nitrogens with zero attached hydrogens (tertiary/aromatic N) is 1. The first-order chi connectivity index (χ1) is 7.18. The second kappa shape index (κ2) is 4.84. The van der Waals surface area contributed by atoms with Crippen LogP contribution in [0, 0.1) is 0 Å². The van der Waals surface area contributed by atoms with Crippen molar-refractivity contribution in [1.29, 1.82) is 0 Å². The Bertz CT molecular complexity index is 326. The zero-order chi connectivity index (χ0) is 10.8. The van der Waals surface area contributed by atoms with Gasteiger partial charge in [-0.25, -0.2) is 4.98 Å². The van der Waals surface area contributed by atoms with Gasteiger partial charge in [-0.15, -0.1) is 11.3 Å². The van der Waals surface area contributed by atoms with Crippen LogP contribution in [0.5, 0.6) is 0 Å². The van der Waals surface area contributed by atoms with Gasteiger partial charge in [0.2, 0.25) is 0 Å². The standard InChI is InChI=1S/C12H18ClNS/c1-8(2)12-14-11(13)10(15-12)9-6-4-3-5-7-9/h8-9H,3-7H2,1-2H3. The minimum Gasteiger partial charge on any atom is -0.229 e. The monoisotopic (exact) mass is 243 g/mol. The van der Waals surface area contributed by atoms with Gasteiger partial charge < -0.3 is 0 Å². The number of hydrogen-bond acceptors (Lipinski definition) is 2. The maximum Gasteiger partial charge on any atom is 0.143 e. The Balaban J connectivity index is 2.19. The molecule has 0 unspecified atom stereocenters. The van der Waals surface area contributed by atoms with Crippen molar-refractivity contribution in [3.63, 3.8) is 0 Å². The Morgan fingerprint density at radius 3 is 2.47 bits per heavy atom. The first-order valence-electron chi connectivity index (χ1n) is 5.84. The van der Waals surface area contributed by atoms with Crippen LogP contribution in [0.15, 0.2) is 0 Å². The Labute approximate surface area is 101 Å². The van der Waals surface area contributed by atoms with E-state index in [9.17, 15) is 0 Å². The van der Waals surface area contributed by atoms with Gasteiger partial charge in [-0.05, 0) is 18.8 Å². The topological polar surface area (TPSA) is 12.9 Å². The highest BCUT2D eigenvalue weighted by molar-refractivity contribution is 7.12. The van der Waals surface area contributed by atoms with Crippen LogP contribution in [0.25, 0.3) is 0 Å². The second-order valence-electron chi connectivity index (χ2n) is 4.70. The highest BCUT2D eigenvalue weighted by Crippen LogP contribution is 2.40. The second-order valence-corrected chi connectivity index (χ2v) is 6.12. The first kappa shape index (κ1) is 11.4. The molecule has 84 valence electrons. The summed E-state index contributed by atoms with van der Waals surface area (Å²) in [4.78, 5) is 5.82. The van der Waals surface area contributed by atoms with Crippen LogP contribution >= 0.6 is 22.9 Å². The van der Waals surface area contributed by atoms with E-state index in [1.807, 2.05) is 11.3 Å². The number of thiazole rings is 1. The molecule has 0 bridgehead atoms. The maximum absolute atomic E-state index is 6.22. The summed E-state index contributed by atoms with van der Waals surface area (Å²) in [5.74, 6) is 1.20.